The van der Waals surface area contributed by atoms with Crippen LogP contribution in [0.1, 0.15) is 34.3 Å². The van der Waals surface area contributed by atoms with Crippen LogP contribution in [0.2, 0.25) is 0 Å². The third-order valence-corrected chi connectivity index (χ3v) is 4.85. The number of carbonyl (C=O) groups is 2. The number of rotatable bonds is 5. The Hall–Kier alpha value is -3.03. The smallest absolute Gasteiger partial charge is 0.317 e. The second kappa shape index (κ2) is 8.77. The summed E-state index contributed by atoms with van der Waals surface area (Å²) in [7, 11) is 0. The molecule has 8 nitrogen and oxygen atoms in total. The fourth-order valence-electron chi connectivity index (χ4n) is 3.17. The largest absolute Gasteiger partial charge is 0.488 e. The molecule has 1 fully saturated rings. The number of nitrogens with zero attached hydrogens (tertiary/aromatic N) is 3. The summed E-state index contributed by atoms with van der Waals surface area (Å²) in [4.78, 5) is 28.4. The molecule has 1 aliphatic heterocycles. The van der Waals surface area contributed by atoms with E-state index in [9.17, 15) is 9.59 Å². The standard InChI is InChI=1S/C20H26N4O4/c1-4-21-20(26)24-11-9-23(10-12-24)19(25)16-7-5-6-8-18(16)27-13-17-14(2)22-28-15(17)3/h5-8H,4,9-13H2,1-3H3,(H,21,26). The van der Waals surface area contributed by atoms with Gasteiger partial charge in [0, 0.05) is 32.7 Å². The van der Waals surface area contributed by atoms with Crippen LogP contribution in [0.4, 0.5) is 4.79 Å². The van der Waals surface area contributed by atoms with Crippen molar-refractivity contribution in [3.05, 3.63) is 46.8 Å². The van der Waals surface area contributed by atoms with Gasteiger partial charge in [-0.05, 0) is 32.9 Å². The number of hydrogen-bond acceptors (Lipinski definition) is 5. The fourth-order valence-corrected chi connectivity index (χ4v) is 3.17. The number of ether oxygens (including phenoxy) is 1. The number of nitrogens with one attached hydrogen (secondary N) is 1. The number of amides is 3. The number of carbonyl (C=O) groups excluding carboxylic acids is 2. The summed E-state index contributed by atoms with van der Waals surface area (Å²) < 4.78 is 11.1. The molecule has 3 rings (SSSR count). The fraction of sp³-hybridized carbons (Fsp3) is 0.450. The van der Waals surface area contributed by atoms with Gasteiger partial charge in [0.1, 0.15) is 18.1 Å². The number of hydrogen-bond donors (Lipinski definition) is 1. The van der Waals surface area contributed by atoms with Gasteiger partial charge < -0.3 is 24.4 Å². The van der Waals surface area contributed by atoms with Crippen molar-refractivity contribution in [3.63, 3.8) is 0 Å². The Morgan fingerprint density at radius 3 is 2.46 bits per heavy atom. The molecule has 1 aliphatic rings. The van der Waals surface area contributed by atoms with Crippen molar-refractivity contribution in [1.29, 1.82) is 0 Å². The third kappa shape index (κ3) is 4.27. The minimum absolute atomic E-state index is 0.0854. The van der Waals surface area contributed by atoms with Gasteiger partial charge in [0.2, 0.25) is 0 Å². The summed E-state index contributed by atoms with van der Waals surface area (Å²) in [5.74, 6) is 1.14. The molecule has 1 aromatic heterocycles. The van der Waals surface area contributed by atoms with E-state index < -0.39 is 0 Å². The summed E-state index contributed by atoms with van der Waals surface area (Å²) in [5.41, 5.74) is 2.18. The van der Waals surface area contributed by atoms with Crippen molar-refractivity contribution in [2.45, 2.75) is 27.4 Å². The molecule has 28 heavy (non-hydrogen) atoms. The highest BCUT2D eigenvalue weighted by Crippen LogP contribution is 2.23. The Labute approximate surface area is 164 Å². The topological polar surface area (TPSA) is 87.9 Å². The maximum atomic E-state index is 13.0. The number of urea groups is 1. The molecule has 0 aliphatic carbocycles. The SMILES string of the molecule is CCNC(=O)N1CCN(C(=O)c2ccccc2OCc2c(C)noc2C)CC1. The first-order valence-corrected chi connectivity index (χ1v) is 9.47. The van der Waals surface area contributed by atoms with Crippen LogP contribution in [-0.2, 0) is 6.61 Å². The zero-order chi connectivity index (χ0) is 20.1. The van der Waals surface area contributed by atoms with E-state index in [1.165, 1.54) is 0 Å². The average Bonchev–Trinajstić information content (AvgIpc) is 3.04. The number of aromatic nitrogens is 1. The minimum atomic E-state index is -0.0927. The molecule has 150 valence electrons. The van der Waals surface area contributed by atoms with Gasteiger partial charge in [0.25, 0.3) is 5.91 Å². The monoisotopic (exact) mass is 386 g/mol. The normalized spacial score (nSPS) is 14.1. The molecule has 2 aromatic rings. The van der Waals surface area contributed by atoms with E-state index >= 15 is 0 Å². The van der Waals surface area contributed by atoms with Crippen LogP contribution in [0.3, 0.4) is 0 Å². The van der Waals surface area contributed by atoms with Crippen molar-refractivity contribution in [2.75, 3.05) is 32.7 Å². The van der Waals surface area contributed by atoms with Crippen LogP contribution in [0.5, 0.6) is 5.75 Å². The molecule has 0 radical (unpaired) electrons. The van der Waals surface area contributed by atoms with Gasteiger partial charge in [-0.15, -0.1) is 0 Å². The van der Waals surface area contributed by atoms with Gasteiger partial charge in [-0.25, -0.2) is 4.79 Å². The summed E-state index contributed by atoms with van der Waals surface area (Å²) >= 11 is 0. The average molecular weight is 386 g/mol. The maximum Gasteiger partial charge on any atom is 0.317 e. The van der Waals surface area contributed by atoms with Gasteiger partial charge in [0.15, 0.2) is 0 Å². The lowest BCUT2D eigenvalue weighted by Crippen LogP contribution is -2.53. The zero-order valence-electron chi connectivity index (χ0n) is 16.5. The molecule has 3 amide bonds. The Kier molecular flexibility index (Phi) is 6.18. The molecular weight excluding hydrogens is 360 g/mol. The van der Waals surface area contributed by atoms with Crippen LogP contribution in [0.25, 0.3) is 0 Å². The quantitative estimate of drug-likeness (QED) is 0.852. The van der Waals surface area contributed by atoms with Gasteiger partial charge in [0.05, 0.1) is 16.8 Å². The summed E-state index contributed by atoms with van der Waals surface area (Å²) in [5, 5.41) is 6.72. The predicted octanol–water partition coefficient (Wildman–Crippen LogP) is 2.36. The van der Waals surface area contributed by atoms with Gasteiger partial charge in [-0.3, -0.25) is 4.79 Å². The molecule has 0 bridgehead atoms. The second-order valence-electron chi connectivity index (χ2n) is 6.70. The van der Waals surface area contributed by atoms with Crippen molar-refractivity contribution in [2.24, 2.45) is 0 Å². The first-order valence-electron chi connectivity index (χ1n) is 9.47. The van der Waals surface area contributed by atoms with E-state index in [1.54, 1.807) is 21.9 Å². The van der Waals surface area contributed by atoms with Crippen LogP contribution >= 0.6 is 0 Å². The molecule has 0 atom stereocenters. The van der Waals surface area contributed by atoms with E-state index in [1.807, 2.05) is 32.9 Å². The van der Waals surface area contributed by atoms with E-state index in [0.717, 1.165) is 11.3 Å². The Balaban J connectivity index is 1.66. The Morgan fingerprint density at radius 1 is 1.14 bits per heavy atom. The van der Waals surface area contributed by atoms with E-state index in [4.69, 9.17) is 9.26 Å². The lowest BCUT2D eigenvalue weighted by molar-refractivity contribution is 0.0660. The number of benzene rings is 1. The lowest BCUT2D eigenvalue weighted by Gasteiger charge is -2.34. The Morgan fingerprint density at radius 2 is 1.82 bits per heavy atom. The number of piperazine rings is 1. The first-order chi connectivity index (χ1) is 13.5. The highest BCUT2D eigenvalue weighted by atomic mass is 16.5. The predicted molar refractivity (Wildman–Crippen MR) is 103 cm³/mol. The molecule has 8 heteroatoms. The first kappa shape index (κ1) is 19.7. The molecule has 0 unspecified atom stereocenters. The molecule has 1 aromatic carbocycles. The highest BCUT2D eigenvalue weighted by molar-refractivity contribution is 5.97. The molecule has 0 saturated carbocycles. The molecule has 0 spiro atoms. The van der Waals surface area contributed by atoms with Crippen molar-refractivity contribution >= 4 is 11.9 Å². The molecule has 2 heterocycles. The van der Waals surface area contributed by atoms with Crippen LogP contribution in [-0.4, -0.2) is 59.6 Å². The second-order valence-corrected chi connectivity index (χ2v) is 6.70. The van der Waals surface area contributed by atoms with Gasteiger partial charge in [-0.1, -0.05) is 17.3 Å². The van der Waals surface area contributed by atoms with Crippen LogP contribution in [0, 0.1) is 13.8 Å². The lowest BCUT2D eigenvalue weighted by atomic mass is 10.1. The maximum absolute atomic E-state index is 13.0. The van der Waals surface area contributed by atoms with E-state index in [0.29, 0.717) is 49.8 Å². The van der Waals surface area contributed by atoms with E-state index in [-0.39, 0.29) is 18.5 Å². The van der Waals surface area contributed by atoms with Crippen LogP contribution < -0.4 is 10.1 Å². The zero-order valence-corrected chi connectivity index (χ0v) is 16.5. The highest BCUT2D eigenvalue weighted by Gasteiger charge is 2.26. The number of aryl methyl sites for hydroxylation is 2. The number of para-hydroxylation sites is 1. The van der Waals surface area contributed by atoms with E-state index in [2.05, 4.69) is 10.5 Å². The summed E-state index contributed by atoms with van der Waals surface area (Å²) in [6.07, 6.45) is 0. The molecule has 1 N–H and O–H groups in total. The van der Waals surface area contributed by atoms with Crippen molar-refractivity contribution in [3.8, 4) is 5.75 Å². The molecular formula is C20H26N4O4. The van der Waals surface area contributed by atoms with Crippen LogP contribution in [0.15, 0.2) is 28.8 Å². The molecule has 1 saturated heterocycles. The minimum Gasteiger partial charge on any atom is -0.488 e. The Bertz CT molecular complexity index is 821. The summed E-state index contributed by atoms with van der Waals surface area (Å²) in [6, 6.07) is 7.13. The third-order valence-electron chi connectivity index (χ3n) is 4.85. The van der Waals surface area contributed by atoms with Gasteiger partial charge in [-0.2, -0.15) is 0 Å². The van der Waals surface area contributed by atoms with Crippen molar-refractivity contribution in [1.82, 2.24) is 20.3 Å². The summed E-state index contributed by atoms with van der Waals surface area (Å²) in [6.45, 7) is 8.48. The van der Waals surface area contributed by atoms with Crippen molar-refractivity contribution < 1.29 is 18.8 Å². The van der Waals surface area contributed by atoms with Gasteiger partial charge >= 0.3 is 6.03 Å².